The van der Waals surface area contributed by atoms with Gasteiger partial charge in [-0.3, -0.25) is 5.50 Å². The van der Waals surface area contributed by atoms with Crippen LogP contribution in [0.4, 0.5) is 0 Å². The van der Waals surface area contributed by atoms with Crippen molar-refractivity contribution >= 4 is 8.53 Å². The third kappa shape index (κ3) is 24.5. The first-order chi connectivity index (χ1) is 6.04. The van der Waals surface area contributed by atoms with Crippen LogP contribution in [-0.4, -0.2) is 39.3 Å². The van der Waals surface area contributed by atoms with Gasteiger partial charge in [0.05, 0.1) is 6.10 Å². The molecule has 0 aromatic carbocycles. The Kier molecular flexibility index (Phi) is 14.7. The zero-order valence-electron chi connectivity index (χ0n) is 7.50. The standard InChI is InChI=1S/C6H15NO2.H4NO2P/c7-4-1-2-6(9)3-5-8;1-4(2)3/h6,8-9H,1-5,7H2;2-3H,1H2. The minimum absolute atomic E-state index is 0.0612. The van der Waals surface area contributed by atoms with Crippen LogP contribution in [0.15, 0.2) is 0 Å². The third-order valence-electron chi connectivity index (χ3n) is 1.20. The Hall–Kier alpha value is 0.190. The molecule has 0 fully saturated rings. The average Bonchev–Trinajstić information content (AvgIpc) is 2.00. The van der Waals surface area contributed by atoms with Crippen LogP contribution >= 0.6 is 8.53 Å². The molecule has 82 valence electrons. The van der Waals surface area contributed by atoms with Crippen molar-refractivity contribution in [3.8, 4) is 0 Å². The van der Waals surface area contributed by atoms with Gasteiger partial charge >= 0.3 is 0 Å². The van der Waals surface area contributed by atoms with Crippen LogP contribution in [0.25, 0.3) is 0 Å². The Morgan fingerprint density at radius 3 is 2.00 bits per heavy atom. The van der Waals surface area contributed by atoms with E-state index in [0.717, 1.165) is 6.42 Å². The van der Waals surface area contributed by atoms with Crippen molar-refractivity contribution in [1.29, 1.82) is 0 Å². The molecule has 13 heavy (non-hydrogen) atoms. The van der Waals surface area contributed by atoms with Gasteiger partial charge in [-0.05, 0) is 25.8 Å². The molecule has 0 saturated heterocycles. The fourth-order valence-electron chi connectivity index (χ4n) is 0.647. The van der Waals surface area contributed by atoms with Gasteiger partial charge in [0, 0.05) is 6.61 Å². The van der Waals surface area contributed by atoms with Crippen molar-refractivity contribution < 1.29 is 20.0 Å². The van der Waals surface area contributed by atoms with Crippen LogP contribution in [0.1, 0.15) is 19.3 Å². The molecule has 0 aromatic rings. The summed E-state index contributed by atoms with van der Waals surface area (Å²) in [5, 5.41) is 17.3. The molecular weight excluding hydrogens is 195 g/mol. The van der Waals surface area contributed by atoms with Crippen molar-refractivity contribution in [2.45, 2.75) is 25.4 Å². The lowest BCUT2D eigenvalue weighted by molar-refractivity contribution is 0.124. The molecule has 0 rings (SSSR count). The van der Waals surface area contributed by atoms with Crippen molar-refractivity contribution in [2.75, 3.05) is 13.2 Å². The molecule has 8 N–H and O–H groups in total. The smallest absolute Gasteiger partial charge is 0.247 e. The third-order valence-corrected chi connectivity index (χ3v) is 1.20. The molecule has 0 bridgehead atoms. The molecule has 1 atom stereocenters. The largest absolute Gasteiger partial charge is 0.396 e. The molecule has 0 aliphatic rings. The highest BCUT2D eigenvalue weighted by Crippen LogP contribution is 2.05. The monoisotopic (exact) mass is 214 g/mol. The van der Waals surface area contributed by atoms with Crippen LogP contribution < -0.4 is 11.2 Å². The van der Waals surface area contributed by atoms with Gasteiger partial charge in [-0.1, -0.05) is 0 Å². The first-order valence-corrected chi connectivity index (χ1v) is 5.27. The molecule has 0 spiro atoms. The van der Waals surface area contributed by atoms with Crippen molar-refractivity contribution in [3.63, 3.8) is 0 Å². The summed E-state index contributed by atoms with van der Waals surface area (Å²) in [5.74, 6) is 0. The van der Waals surface area contributed by atoms with Crippen molar-refractivity contribution in [1.82, 2.24) is 0 Å². The zero-order valence-corrected chi connectivity index (χ0v) is 8.40. The maximum Gasteiger partial charge on any atom is 0.247 e. The summed E-state index contributed by atoms with van der Waals surface area (Å²) in [5.41, 5.74) is 9.49. The highest BCUT2D eigenvalue weighted by atomic mass is 31.2. The van der Waals surface area contributed by atoms with E-state index in [1.54, 1.807) is 0 Å². The molecule has 0 aromatic heterocycles. The van der Waals surface area contributed by atoms with Crippen LogP contribution in [-0.2, 0) is 0 Å². The van der Waals surface area contributed by atoms with E-state index >= 15 is 0 Å². The molecule has 0 saturated carbocycles. The van der Waals surface area contributed by atoms with Crippen molar-refractivity contribution in [3.05, 3.63) is 0 Å². The second kappa shape index (κ2) is 12.2. The maximum atomic E-state index is 8.96. The van der Waals surface area contributed by atoms with Crippen LogP contribution in [0.3, 0.4) is 0 Å². The zero-order chi connectivity index (χ0) is 10.7. The maximum absolute atomic E-state index is 8.96. The Morgan fingerprint density at radius 2 is 1.69 bits per heavy atom. The molecule has 0 heterocycles. The summed E-state index contributed by atoms with van der Waals surface area (Å²) >= 11 is 0. The molecular formula is C6H19N2O4P. The normalized spacial score (nSPS) is 12.2. The molecule has 0 aliphatic heterocycles. The molecule has 7 heteroatoms. The van der Waals surface area contributed by atoms with E-state index in [0.29, 0.717) is 19.4 Å². The Bertz CT molecular complexity index is 93.9. The summed E-state index contributed by atoms with van der Waals surface area (Å²) in [6.07, 6.45) is 1.65. The lowest BCUT2D eigenvalue weighted by atomic mass is 10.1. The van der Waals surface area contributed by atoms with Gasteiger partial charge < -0.3 is 25.7 Å². The second-order valence-corrected chi connectivity index (χ2v) is 3.06. The molecule has 6 nitrogen and oxygen atoms in total. The number of aliphatic hydroxyl groups excluding tert-OH is 2. The average molecular weight is 214 g/mol. The highest BCUT2D eigenvalue weighted by molar-refractivity contribution is 7.42. The fraction of sp³-hybridized carbons (Fsp3) is 1.00. The van der Waals surface area contributed by atoms with E-state index in [2.05, 4.69) is 5.50 Å². The first-order valence-electron chi connectivity index (χ1n) is 3.96. The predicted octanol–water partition coefficient (Wildman–Crippen LogP) is -1.37. The molecule has 0 amide bonds. The molecule has 0 radical (unpaired) electrons. The van der Waals surface area contributed by atoms with E-state index in [4.69, 9.17) is 25.7 Å². The van der Waals surface area contributed by atoms with E-state index in [1.165, 1.54) is 0 Å². The highest BCUT2D eigenvalue weighted by Gasteiger charge is 2.00. The number of rotatable bonds is 5. The van der Waals surface area contributed by atoms with Gasteiger partial charge in [-0.15, -0.1) is 0 Å². The predicted molar refractivity (Wildman–Crippen MR) is 51.5 cm³/mol. The first kappa shape index (κ1) is 15.7. The summed E-state index contributed by atoms with van der Waals surface area (Å²) < 4.78 is 0. The van der Waals surface area contributed by atoms with Crippen molar-refractivity contribution in [2.24, 2.45) is 11.2 Å². The van der Waals surface area contributed by atoms with E-state index < -0.39 is 8.53 Å². The van der Waals surface area contributed by atoms with Crippen LogP contribution in [0.5, 0.6) is 0 Å². The van der Waals surface area contributed by atoms with Gasteiger partial charge in [0.15, 0.2) is 0 Å². The summed E-state index contributed by atoms with van der Waals surface area (Å²) in [7, 11) is -2.12. The molecule has 0 aliphatic carbocycles. The number of aliphatic hydroxyl groups is 2. The van der Waals surface area contributed by atoms with Gasteiger partial charge in [-0.2, -0.15) is 0 Å². The van der Waals surface area contributed by atoms with Crippen LogP contribution in [0, 0.1) is 0 Å². The lowest BCUT2D eigenvalue weighted by Crippen LogP contribution is -2.11. The van der Waals surface area contributed by atoms with Crippen LogP contribution in [0.2, 0.25) is 0 Å². The van der Waals surface area contributed by atoms with E-state index in [9.17, 15) is 0 Å². The summed E-state index contributed by atoms with van der Waals surface area (Å²) in [6.45, 7) is 0.675. The number of hydrogen-bond acceptors (Lipinski definition) is 6. The minimum Gasteiger partial charge on any atom is -0.396 e. The number of hydrogen-bond donors (Lipinski definition) is 6. The van der Waals surface area contributed by atoms with Gasteiger partial charge in [0.25, 0.3) is 0 Å². The van der Waals surface area contributed by atoms with Gasteiger partial charge in [0.1, 0.15) is 0 Å². The second-order valence-electron chi connectivity index (χ2n) is 2.42. The Morgan fingerprint density at radius 1 is 1.23 bits per heavy atom. The van der Waals surface area contributed by atoms with Gasteiger partial charge in [-0.25, -0.2) is 0 Å². The lowest BCUT2D eigenvalue weighted by Gasteiger charge is -2.05. The SMILES string of the molecule is NCCCC(O)CCO.NP(O)O. The molecule has 1 unspecified atom stereocenters. The fourth-order valence-corrected chi connectivity index (χ4v) is 0.647. The Balaban J connectivity index is 0. The summed E-state index contributed by atoms with van der Waals surface area (Å²) in [4.78, 5) is 14.9. The quantitative estimate of drug-likeness (QED) is 0.313. The van der Waals surface area contributed by atoms with E-state index in [-0.39, 0.29) is 12.7 Å². The van der Waals surface area contributed by atoms with Gasteiger partial charge in [0.2, 0.25) is 8.53 Å². The summed E-state index contributed by atoms with van der Waals surface area (Å²) in [6, 6.07) is 0. The minimum atomic E-state index is -2.12. The number of nitrogens with two attached hydrogens (primary N) is 2. The Labute approximate surface area is 79.2 Å². The topological polar surface area (TPSA) is 133 Å². The van der Waals surface area contributed by atoms with E-state index in [1.807, 2.05) is 0 Å².